The number of H-pyrrole nitrogens is 2. The Hall–Kier alpha value is -3.36. The molecule has 3 rings (SSSR count). The van der Waals surface area contributed by atoms with E-state index in [0.29, 0.717) is 0 Å². The van der Waals surface area contributed by atoms with Crippen LogP contribution in [0, 0.1) is 5.82 Å². The molecule has 1 atom stereocenters. The molecule has 1 aromatic carbocycles. The molecule has 1 unspecified atom stereocenters. The van der Waals surface area contributed by atoms with Crippen LogP contribution in [-0.4, -0.2) is 22.5 Å². The highest BCUT2D eigenvalue weighted by Crippen LogP contribution is 2.39. The summed E-state index contributed by atoms with van der Waals surface area (Å²) in [6.07, 6.45) is 0. The van der Waals surface area contributed by atoms with Gasteiger partial charge in [0.05, 0.1) is 18.1 Å². The van der Waals surface area contributed by atoms with E-state index in [-0.39, 0.29) is 35.1 Å². The normalized spacial score (nSPS) is 16.2. The standard InChI is InChI=1S/C16H14FN3O5/c1-2-24-15(22)10-9(7-4-3-5-8(17)6-7)11-13(21)19-16(23)20-14(11)25-12(10)18/h3-6,9H,2,18H2,1H3,(H2,19,20,21,23). The highest BCUT2D eigenvalue weighted by atomic mass is 19.1. The molecule has 0 radical (unpaired) electrons. The molecule has 0 aliphatic carbocycles. The Morgan fingerprint density at radius 2 is 2.12 bits per heavy atom. The van der Waals surface area contributed by atoms with Crippen molar-refractivity contribution in [1.29, 1.82) is 0 Å². The van der Waals surface area contributed by atoms with E-state index in [4.69, 9.17) is 15.2 Å². The predicted octanol–water partition coefficient (Wildman–Crippen LogP) is 0.460. The lowest BCUT2D eigenvalue weighted by molar-refractivity contribution is -0.139. The van der Waals surface area contributed by atoms with Crippen LogP contribution in [0.2, 0.25) is 0 Å². The first-order chi connectivity index (χ1) is 11.9. The highest BCUT2D eigenvalue weighted by Gasteiger charge is 2.38. The number of hydrogen-bond donors (Lipinski definition) is 3. The van der Waals surface area contributed by atoms with Crippen LogP contribution in [0.25, 0.3) is 0 Å². The monoisotopic (exact) mass is 347 g/mol. The Morgan fingerprint density at radius 1 is 1.36 bits per heavy atom. The van der Waals surface area contributed by atoms with Crippen LogP contribution in [0.3, 0.4) is 0 Å². The number of benzene rings is 1. The van der Waals surface area contributed by atoms with Gasteiger partial charge in [-0.1, -0.05) is 12.1 Å². The molecule has 1 aliphatic rings. The van der Waals surface area contributed by atoms with Gasteiger partial charge in [-0.15, -0.1) is 0 Å². The van der Waals surface area contributed by atoms with Gasteiger partial charge in [-0.3, -0.25) is 14.8 Å². The van der Waals surface area contributed by atoms with Crippen molar-refractivity contribution in [3.05, 3.63) is 73.5 Å². The van der Waals surface area contributed by atoms with E-state index in [9.17, 15) is 18.8 Å². The smallest absolute Gasteiger partial charge is 0.340 e. The molecular weight excluding hydrogens is 333 g/mol. The van der Waals surface area contributed by atoms with Crippen molar-refractivity contribution in [3.63, 3.8) is 0 Å². The van der Waals surface area contributed by atoms with Crippen LogP contribution in [0.1, 0.15) is 24.0 Å². The fourth-order valence-corrected chi connectivity index (χ4v) is 2.72. The molecule has 1 aromatic heterocycles. The Bertz CT molecular complexity index is 992. The summed E-state index contributed by atoms with van der Waals surface area (Å²) in [4.78, 5) is 40.5. The lowest BCUT2D eigenvalue weighted by atomic mass is 9.84. The summed E-state index contributed by atoms with van der Waals surface area (Å²) >= 11 is 0. The van der Waals surface area contributed by atoms with Gasteiger partial charge in [0.2, 0.25) is 11.8 Å². The molecule has 2 heterocycles. The largest absolute Gasteiger partial charge is 0.462 e. The molecule has 0 amide bonds. The molecule has 2 aromatic rings. The van der Waals surface area contributed by atoms with Crippen molar-refractivity contribution < 1.29 is 18.7 Å². The quantitative estimate of drug-likeness (QED) is 0.692. The van der Waals surface area contributed by atoms with E-state index in [1.165, 1.54) is 18.2 Å². The number of ether oxygens (including phenoxy) is 2. The van der Waals surface area contributed by atoms with Gasteiger partial charge < -0.3 is 15.2 Å². The molecule has 130 valence electrons. The molecule has 0 bridgehead atoms. The van der Waals surface area contributed by atoms with Crippen molar-refractivity contribution in [3.8, 4) is 5.88 Å². The van der Waals surface area contributed by atoms with Crippen LogP contribution in [0.15, 0.2) is 45.3 Å². The topological polar surface area (TPSA) is 127 Å². The highest BCUT2D eigenvalue weighted by molar-refractivity contribution is 5.92. The van der Waals surface area contributed by atoms with E-state index in [2.05, 4.69) is 9.97 Å². The average molecular weight is 347 g/mol. The third-order valence-electron chi connectivity index (χ3n) is 3.68. The SMILES string of the molecule is CCOC(=O)C1=C(N)Oc2[nH]c(=O)[nH]c(=O)c2C1c1cccc(F)c1. The Morgan fingerprint density at radius 3 is 2.80 bits per heavy atom. The van der Waals surface area contributed by atoms with Crippen LogP contribution in [0.4, 0.5) is 4.39 Å². The van der Waals surface area contributed by atoms with E-state index in [1.54, 1.807) is 6.92 Å². The maximum atomic E-state index is 13.7. The van der Waals surface area contributed by atoms with Gasteiger partial charge in [-0.05, 0) is 24.6 Å². The predicted molar refractivity (Wildman–Crippen MR) is 84.4 cm³/mol. The number of hydrogen-bond acceptors (Lipinski definition) is 6. The zero-order valence-corrected chi connectivity index (χ0v) is 13.1. The zero-order valence-electron chi connectivity index (χ0n) is 13.1. The molecule has 4 N–H and O–H groups in total. The van der Waals surface area contributed by atoms with E-state index in [0.717, 1.165) is 6.07 Å². The van der Waals surface area contributed by atoms with Crippen LogP contribution in [-0.2, 0) is 9.53 Å². The first kappa shape index (κ1) is 16.5. The third kappa shape index (κ3) is 2.91. The number of nitrogens with one attached hydrogen (secondary N) is 2. The number of aromatic nitrogens is 2. The fourth-order valence-electron chi connectivity index (χ4n) is 2.72. The van der Waals surface area contributed by atoms with E-state index < -0.39 is 29.0 Å². The van der Waals surface area contributed by atoms with Gasteiger partial charge >= 0.3 is 11.7 Å². The number of carbonyl (C=O) groups excluding carboxylic acids is 1. The number of halogens is 1. The van der Waals surface area contributed by atoms with E-state index in [1.807, 2.05) is 0 Å². The minimum Gasteiger partial charge on any atom is -0.462 e. The lowest BCUT2D eigenvalue weighted by Crippen LogP contribution is -2.35. The lowest BCUT2D eigenvalue weighted by Gasteiger charge is -2.26. The minimum absolute atomic E-state index is 0.0672. The van der Waals surface area contributed by atoms with Crippen molar-refractivity contribution in [2.45, 2.75) is 12.8 Å². The second kappa shape index (κ2) is 6.27. The number of rotatable bonds is 3. The second-order valence-corrected chi connectivity index (χ2v) is 5.24. The maximum Gasteiger partial charge on any atom is 0.340 e. The van der Waals surface area contributed by atoms with Gasteiger partial charge in [0.15, 0.2) is 0 Å². The molecule has 0 saturated heterocycles. The number of fused-ring (bicyclic) bond motifs is 1. The summed E-state index contributed by atoms with van der Waals surface area (Å²) in [6.45, 7) is 1.67. The summed E-state index contributed by atoms with van der Waals surface area (Å²) in [6, 6.07) is 5.34. The first-order valence-electron chi connectivity index (χ1n) is 7.39. The molecule has 25 heavy (non-hydrogen) atoms. The maximum absolute atomic E-state index is 13.7. The first-order valence-corrected chi connectivity index (χ1v) is 7.39. The van der Waals surface area contributed by atoms with Gasteiger partial charge in [-0.2, -0.15) is 0 Å². The Kier molecular flexibility index (Phi) is 4.14. The summed E-state index contributed by atoms with van der Waals surface area (Å²) in [7, 11) is 0. The van der Waals surface area contributed by atoms with Crippen molar-refractivity contribution >= 4 is 5.97 Å². The van der Waals surface area contributed by atoms with Crippen molar-refractivity contribution in [1.82, 2.24) is 9.97 Å². The number of carbonyl (C=O) groups is 1. The summed E-state index contributed by atoms with van der Waals surface area (Å²) in [5.74, 6) is -2.95. The Balaban J connectivity index is 2.30. The van der Waals surface area contributed by atoms with Crippen LogP contribution in [0.5, 0.6) is 5.88 Å². The number of nitrogens with two attached hydrogens (primary N) is 1. The third-order valence-corrected chi connectivity index (χ3v) is 3.68. The Labute approximate surface area is 140 Å². The molecule has 9 heteroatoms. The van der Waals surface area contributed by atoms with Gasteiger partial charge in [0, 0.05) is 0 Å². The summed E-state index contributed by atoms with van der Waals surface area (Å²) < 4.78 is 23.9. The molecule has 0 spiro atoms. The number of aromatic amines is 2. The van der Waals surface area contributed by atoms with Crippen molar-refractivity contribution in [2.75, 3.05) is 6.61 Å². The van der Waals surface area contributed by atoms with Crippen LogP contribution >= 0.6 is 0 Å². The molecule has 0 fully saturated rings. The second-order valence-electron chi connectivity index (χ2n) is 5.24. The summed E-state index contributed by atoms with van der Waals surface area (Å²) in [5.41, 5.74) is 4.32. The van der Waals surface area contributed by atoms with Gasteiger partial charge in [0.1, 0.15) is 11.4 Å². The van der Waals surface area contributed by atoms with Crippen LogP contribution < -0.4 is 21.7 Å². The minimum atomic E-state index is -1.06. The fraction of sp³-hybridized carbons (Fsp3) is 0.188. The van der Waals surface area contributed by atoms with E-state index >= 15 is 0 Å². The molecular formula is C16H14FN3O5. The average Bonchev–Trinajstić information content (AvgIpc) is 2.53. The van der Waals surface area contributed by atoms with Gasteiger partial charge in [-0.25, -0.2) is 14.0 Å². The zero-order chi connectivity index (χ0) is 18.1. The summed E-state index contributed by atoms with van der Waals surface area (Å²) in [5, 5.41) is 0. The van der Waals surface area contributed by atoms with Gasteiger partial charge in [0.25, 0.3) is 5.56 Å². The molecule has 8 nitrogen and oxygen atoms in total. The molecule has 1 aliphatic heterocycles. The van der Waals surface area contributed by atoms with Crippen molar-refractivity contribution in [2.24, 2.45) is 5.73 Å². The molecule has 0 saturated carbocycles. The number of esters is 1.